The van der Waals surface area contributed by atoms with Gasteiger partial charge in [-0.25, -0.2) is 0 Å². The fourth-order valence-electron chi connectivity index (χ4n) is 5.92. The van der Waals surface area contributed by atoms with E-state index in [9.17, 15) is 18.0 Å². The maximum atomic E-state index is 12.3. The third kappa shape index (κ3) is 1.82. The highest BCUT2D eigenvalue weighted by Gasteiger charge is 2.67. The molecule has 0 aliphatic heterocycles. The minimum absolute atomic E-state index is 0.202. The number of carbonyl (C=O) groups excluding carboxylic acids is 1. The summed E-state index contributed by atoms with van der Waals surface area (Å²) in [5.41, 5.74) is -0.713. The molecule has 0 amide bonds. The molecule has 0 aromatic heterocycles. The summed E-state index contributed by atoms with van der Waals surface area (Å²) in [5.74, 6) is 2.38. The van der Waals surface area contributed by atoms with Gasteiger partial charge in [-0.3, -0.25) is 4.79 Å². The lowest BCUT2D eigenvalue weighted by molar-refractivity contribution is -0.196. The van der Waals surface area contributed by atoms with Crippen LogP contribution < -0.4 is 0 Å². The summed E-state index contributed by atoms with van der Waals surface area (Å²) in [6.07, 6.45) is 2.99. The van der Waals surface area contributed by atoms with Crippen LogP contribution in [-0.2, 0) is 9.53 Å². The second kappa shape index (κ2) is 4.05. The van der Waals surface area contributed by atoms with Crippen molar-refractivity contribution in [2.75, 3.05) is 6.61 Å². The topological polar surface area (TPSA) is 26.3 Å². The summed E-state index contributed by atoms with van der Waals surface area (Å²) < 4.78 is 41.4. The lowest BCUT2D eigenvalue weighted by Gasteiger charge is -2.41. The van der Waals surface area contributed by atoms with Gasteiger partial charge in [0, 0.05) is 0 Å². The molecule has 0 N–H and O–H groups in total. The number of fused-ring (bicyclic) bond motifs is 9. The standard InChI is InChI=1S/C16H19F3O2/c1-15(14(20)21-7-16(17,18)19)6-10-5-11(15)13-9-3-2-8(4-9)12(10)13/h2-3,8-13H,4-7H2,1H3. The first-order chi connectivity index (χ1) is 9.79. The van der Waals surface area contributed by atoms with Gasteiger partial charge in [0.1, 0.15) is 0 Å². The summed E-state index contributed by atoms with van der Waals surface area (Å²) in [4.78, 5) is 12.3. The van der Waals surface area contributed by atoms with E-state index >= 15 is 0 Å². The molecule has 3 fully saturated rings. The Kier molecular flexibility index (Phi) is 2.63. The average Bonchev–Trinajstić information content (AvgIpc) is 3.11. The number of rotatable bonds is 2. The van der Waals surface area contributed by atoms with Crippen LogP contribution in [-0.4, -0.2) is 18.8 Å². The van der Waals surface area contributed by atoms with E-state index in [1.165, 1.54) is 6.42 Å². The van der Waals surface area contributed by atoms with Crippen LogP contribution in [0.1, 0.15) is 26.2 Å². The molecule has 3 saturated carbocycles. The van der Waals surface area contributed by atoms with Gasteiger partial charge in [-0.2, -0.15) is 13.2 Å². The van der Waals surface area contributed by atoms with Crippen LogP contribution in [0.15, 0.2) is 12.2 Å². The van der Waals surface area contributed by atoms with Crippen molar-refractivity contribution in [3.05, 3.63) is 12.2 Å². The largest absolute Gasteiger partial charge is 0.456 e. The molecule has 4 bridgehead atoms. The van der Waals surface area contributed by atoms with E-state index < -0.39 is 24.2 Å². The average molecular weight is 300 g/mol. The molecule has 7 atom stereocenters. The van der Waals surface area contributed by atoms with Crippen molar-refractivity contribution in [1.29, 1.82) is 0 Å². The fourth-order valence-corrected chi connectivity index (χ4v) is 5.92. The number of hydrogen-bond donors (Lipinski definition) is 0. The number of allylic oxidation sites excluding steroid dienone is 2. The Balaban J connectivity index is 1.52. The van der Waals surface area contributed by atoms with Crippen LogP contribution in [0.3, 0.4) is 0 Å². The van der Waals surface area contributed by atoms with E-state index in [4.69, 9.17) is 0 Å². The Labute approximate surface area is 121 Å². The molecule has 116 valence electrons. The Bertz CT molecular complexity index is 512. The highest BCUT2D eigenvalue weighted by Crippen LogP contribution is 2.70. The predicted octanol–water partition coefficient (Wildman–Crippen LogP) is 3.58. The van der Waals surface area contributed by atoms with Crippen molar-refractivity contribution in [3.63, 3.8) is 0 Å². The number of carbonyl (C=O) groups is 1. The molecule has 2 nitrogen and oxygen atoms in total. The molecular formula is C16H19F3O2. The van der Waals surface area contributed by atoms with Gasteiger partial charge in [0.2, 0.25) is 0 Å². The molecule has 4 rings (SSSR count). The third-order valence-electron chi connectivity index (χ3n) is 6.49. The fraction of sp³-hybridized carbons (Fsp3) is 0.812. The third-order valence-corrected chi connectivity index (χ3v) is 6.49. The summed E-state index contributed by atoms with van der Waals surface area (Å²) in [5, 5.41) is 0. The van der Waals surface area contributed by atoms with Crippen molar-refractivity contribution in [2.45, 2.75) is 32.4 Å². The second-order valence-electron chi connectivity index (χ2n) is 7.52. The quantitative estimate of drug-likeness (QED) is 0.443. The van der Waals surface area contributed by atoms with Gasteiger partial charge in [0.05, 0.1) is 5.41 Å². The molecule has 0 radical (unpaired) electrons. The lowest BCUT2D eigenvalue weighted by Crippen LogP contribution is -2.43. The molecule has 5 heteroatoms. The van der Waals surface area contributed by atoms with E-state index in [0.29, 0.717) is 36.0 Å². The molecular weight excluding hydrogens is 281 g/mol. The minimum atomic E-state index is -4.44. The Morgan fingerprint density at radius 1 is 1.24 bits per heavy atom. The zero-order valence-electron chi connectivity index (χ0n) is 11.9. The van der Waals surface area contributed by atoms with Crippen LogP contribution in [0.25, 0.3) is 0 Å². The Morgan fingerprint density at radius 2 is 1.90 bits per heavy atom. The second-order valence-corrected chi connectivity index (χ2v) is 7.52. The molecule has 4 aliphatic carbocycles. The van der Waals surface area contributed by atoms with Crippen LogP contribution in [0, 0.1) is 40.9 Å². The normalized spacial score (nSPS) is 49.7. The van der Waals surface area contributed by atoms with Gasteiger partial charge in [0.25, 0.3) is 0 Å². The highest BCUT2D eigenvalue weighted by atomic mass is 19.4. The van der Waals surface area contributed by atoms with Crippen LogP contribution in [0.5, 0.6) is 0 Å². The predicted molar refractivity (Wildman–Crippen MR) is 69.1 cm³/mol. The molecule has 0 spiro atoms. The van der Waals surface area contributed by atoms with E-state index in [1.54, 1.807) is 0 Å². The smallest absolute Gasteiger partial charge is 0.422 e. The summed E-state index contributed by atoms with van der Waals surface area (Å²) in [6, 6.07) is 0. The van der Waals surface area contributed by atoms with Gasteiger partial charge in [-0.15, -0.1) is 0 Å². The molecule has 4 aliphatic rings. The van der Waals surface area contributed by atoms with Gasteiger partial charge in [-0.05, 0) is 61.7 Å². The minimum Gasteiger partial charge on any atom is -0.456 e. The van der Waals surface area contributed by atoms with Crippen LogP contribution >= 0.6 is 0 Å². The Morgan fingerprint density at radius 3 is 2.57 bits per heavy atom. The zero-order chi connectivity index (χ0) is 15.0. The van der Waals surface area contributed by atoms with Crippen LogP contribution in [0.2, 0.25) is 0 Å². The zero-order valence-corrected chi connectivity index (χ0v) is 11.9. The monoisotopic (exact) mass is 300 g/mol. The molecule has 0 saturated heterocycles. The van der Waals surface area contributed by atoms with E-state index in [0.717, 1.165) is 6.42 Å². The molecule has 7 unspecified atom stereocenters. The SMILES string of the molecule is CC1(C(=O)OCC(F)(F)F)CC2CC1C1C3C=CC(C3)C21. The molecule has 0 aromatic carbocycles. The van der Waals surface area contributed by atoms with Crippen LogP contribution in [0.4, 0.5) is 13.2 Å². The lowest BCUT2D eigenvalue weighted by atomic mass is 9.63. The number of esters is 1. The first kappa shape index (κ1) is 13.6. The molecule has 0 heterocycles. The van der Waals surface area contributed by atoms with E-state index in [-0.39, 0.29) is 5.92 Å². The number of hydrogen-bond acceptors (Lipinski definition) is 2. The summed E-state index contributed by atoms with van der Waals surface area (Å²) in [6.45, 7) is 0.362. The van der Waals surface area contributed by atoms with E-state index in [2.05, 4.69) is 16.9 Å². The highest BCUT2D eigenvalue weighted by molar-refractivity contribution is 5.77. The van der Waals surface area contributed by atoms with Gasteiger partial charge in [0.15, 0.2) is 6.61 Å². The van der Waals surface area contributed by atoms with E-state index in [1.807, 2.05) is 6.92 Å². The first-order valence-electron chi connectivity index (χ1n) is 7.72. The number of halogens is 3. The maximum absolute atomic E-state index is 12.3. The van der Waals surface area contributed by atoms with Crippen molar-refractivity contribution < 1.29 is 22.7 Å². The molecule has 0 aromatic rings. The van der Waals surface area contributed by atoms with Crippen molar-refractivity contribution in [2.24, 2.45) is 40.9 Å². The maximum Gasteiger partial charge on any atom is 0.422 e. The summed E-state index contributed by atoms with van der Waals surface area (Å²) >= 11 is 0. The van der Waals surface area contributed by atoms with Gasteiger partial charge in [-0.1, -0.05) is 12.2 Å². The Hall–Kier alpha value is -1.00. The van der Waals surface area contributed by atoms with Crippen molar-refractivity contribution in [3.8, 4) is 0 Å². The number of ether oxygens (including phenoxy) is 1. The first-order valence-corrected chi connectivity index (χ1v) is 7.72. The van der Waals surface area contributed by atoms with Gasteiger partial charge >= 0.3 is 12.1 Å². The number of alkyl halides is 3. The van der Waals surface area contributed by atoms with Gasteiger partial charge < -0.3 is 4.74 Å². The molecule has 21 heavy (non-hydrogen) atoms. The van der Waals surface area contributed by atoms with Crippen molar-refractivity contribution in [1.82, 2.24) is 0 Å². The van der Waals surface area contributed by atoms with Crippen molar-refractivity contribution >= 4 is 5.97 Å². The summed E-state index contributed by atoms with van der Waals surface area (Å²) in [7, 11) is 0.